The Balaban J connectivity index is 1.19. The third kappa shape index (κ3) is 3.75. The summed E-state index contributed by atoms with van der Waals surface area (Å²) in [5.41, 5.74) is 4.80. The second-order valence-corrected chi connectivity index (χ2v) is 10.7. The van der Waals surface area contributed by atoms with Crippen LogP contribution in [-0.2, 0) is 10.3 Å². The molecular weight excluding hydrogens is 438 g/mol. The van der Waals surface area contributed by atoms with Crippen molar-refractivity contribution in [3.63, 3.8) is 0 Å². The van der Waals surface area contributed by atoms with Crippen LogP contribution in [0.5, 0.6) is 0 Å². The molecule has 2 aromatic carbocycles. The lowest BCUT2D eigenvalue weighted by atomic mass is 9.73. The molecule has 3 aliphatic rings. The number of ether oxygens (including phenoxy) is 1. The summed E-state index contributed by atoms with van der Waals surface area (Å²) in [7, 11) is 0. The smallest absolute Gasteiger partial charge is 0.410 e. The average Bonchev–Trinajstić information content (AvgIpc) is 3.47. The molecule has 0 radical (unpaired) electrons. The van der Waals surface area contributed by atoms with Gasteiger partial charge in [0.05, 0.1) is 11.8 Å². The van der Waals surface area contributed by atoms with Crippen molar-refractivity contribution in [2.75, 3.05) is 6.61 Å². The first-order valence-corrected chi connectivity index (χ1v) is 12.8. The summed E-state index contributed by atoms with van der Waals surface area (Å²) in [6, 6.07) is 17.0. The van der Waals surface area contributed by atoms with Gasteiger partial charge in [0, 0.05) is 48.6 Å². The highest BCUT2D eigenvalue weighted by atomic mass is 16.6. The van der Waals surface area contributed by atoms with Gasteiger partial charge in [-0.25, -0.2) is 4.79 Å². The van der Waals surface area contributed by atoms with Gasteiger partial charge >= 0.3 is 6.09 Å². The van der Waals surface area contributed by atoms with Gasteiger partial charge in [0.15, 0.2) is 0 Å². The molecule has 182 valence electrons. The van der Waals surface area contributed by atoms with Crippen LogP contribution in [0.3, 0.4) is 0 Å². The first-order chi connectivity index (χ1) is 16.9. The fourth-order valence-electron chi connectivity index (χ4n) is 6.49. The molecular formula is C29H33N3O3. The molecule has 3 heterocycles. The van der Waals surface area contributed by atoms with Crippen LogP contribution in [0, 0.1) is 0 Å². The lowest BCUT2D eigenvalue weighted by Crippen LogP contribution is -2.59. The monoisotopic (exact) mass is 471 g/mol. The van der Waals surface area contributed by atoms with E-state index in [4.69, 9.17) is 4.74 Å². The normalized spacial score (nSPS) is 25.4. The molecule has 6 nitrogen and oxygen atoms in total. The molecule has 0 spiro atoms. The fourth-order valence-corrected chi connectivity index (χ4v) is 6.49. The first-order valence-electron chi connectivity index (χ1n) is 12.8. The van der Waals surface area contributed by atoms with Crippen LogP contribution < -0.4 is 0 Å². The Morgan fingerprint density at radius 3 is 2.23 bits per heavy atom. The fraction of sp³-hybridized carbons (Fsp3) is 0.448. The van der Waals surface area contributed by atoms with Crippen LogP contribution in [0.4, 0.5) is 4.79 Å². The van der Waals surface area contributed by atoms with Crippen LogP contribution in [0.15, 0.2) is 60.9 Å². The number of aliphatic hydroxyl groups is 1. The van der Waals surface area contributed by atoms with Crippen molar-refractivity contribution >= 4 is 6.09 Å². The summed E-state index contributed by atoms with van der Waals surface area (Å²) >= 11 is 0. The zero-order chi connectivity index (χ0) is 24.2. The van der Waals surface area contributed by atoms with Crippen LogP contribution in [-0.4, -0.2) is 44.6 Å². The predicted molar refractivity (Wildman–Crippen MR) is 134 cm³/mol. The molecule has 2 fully saturated rings. The third-order valence-electron chi connectivity index (χ3n) is 8.22. The van der Waals surface area contributed by atoms with E-state index in [1.165, 1.54) is 22.3 Å². The summed E-state index contributed by atoms with van der Waals surface area (Å²) in [6.07, 6.45) is 7.41. The number of nitrogens with zero attached hydrogens (tertiary/aromatic N) is 3. The van der Waals surface area contributed by atoms with E-state index in [0.29, 0.717) is 19.4 Å². The number of rotatable bonds is 4. The second kappa shape index (κ2) is 8.52. The quantitative estimate of drug-likeness (QED) is 0.536. The number of amides is 1. The number of aromatic nitrogens is 2. The number of benzene rings is 2. The van der Waals surface area contributed by atoms with E-state index < -0.39 is 5.60 Å². The molecule has 2 bridgehead atoms. The summed E-state index contributed by atoms with van der Waals surface area (Å²) in [4.78, 5) is 15.4. The number of hydrogen-bond acceptors (Lipinski definition) is 4. The van der Waals surface area contributed by atoms with E-state index in [0.717, 1.165) is 24.8 Å². The topological polar surface area (TPSA) is 67.6 Å². The summed E-state index contributed by atoms with van der Waals surface area (Å²) in [5.74, 6) is 0.0507. The minimum atomic E-state index is -0.955. The van der Waals surface area contributed by atoms with Crippen molar-refractivity contribution in [3.05, 3.63) is 77.6 Å². The van der Waals surface area contributed by atoms with Gasteiger partial charge < -0.3 is 14.7 Å². The maximum Gasteiger partial charge on any atom is 0.410 e. The maximum atomic E-state index is 13.4. The summed E-state index contributed by atoms with van der Waals surface area (Å²) < 4.78 is 7.90. The molecule has 2 saturated heterocycles. The minimum Gasteiger partial charge on any atom is -0.448 e. The predicted octanol–water partition coefficient (Wildman–Crippen LogP) is 5.62. The van der Waals surface area contributed by atoms with E-state index in [1.807, 2.05) is 15.8 Å². The van der Waals surface area contributed by atoms with Gasteiger partial charge in [-0.3, -0.25) is 4.68 Å². The molecule has 1 amide bonds. The highest BCUT2D eigenvalue weighted by Gasteiger charge is 2.49. The highest BCUT2D eigenvalue weighted by Crippen LogP contribution is 2.46. The van der Waals surface area contributed by atoms with E-state index >= 15 is 0 Å². The van der Waals surface area contributed by atoms with Gasteiger partial charge in [0.1, 0.15) is 6.61 Å². The number of carbonyl (C=O) groups is 1. The standard InChI is InChI=1S/C29H33N3O3/c1-19(2)31-17-20(16-30-31)29(34)14-21-8-7-9-22(15-29)32(21)28(33)35-18-27-25-12-5-3-10-23(25)24-11-4-6-13-26(24)27/h3-6,10-13,16-17,19,21-22,27,34H,7-9,14-15,18H2,1-2H3. The van der Waals surface area contributed by atoms with Gasteiger partial charge in [-0.15, -0.1) is 0 Å². The number of hydrogen-bond donors (Lipinski definition) is 1. The van der Waals surface area contributed by atoms with Crippen LogP contribution in [0.25, 0.3) is 11.1 Å². The molecule has 1 aromatic heterocycles. The number of piperidine rings is 2. The van der Waals surface area contributed by atoms with Crippen molar-refractivity contribution in [1.29, 1.82) is 0 Å². The van der Waals surface area contributed by atoms with Gasteiger partial charge in [-0.05, 0) is 55.4 Å². The zero-order valence-electron chi connectivity index (χ0n) is 20.4. The molecule has 1 aliphatic carbocycles. The highest BCUT2D eigenvalue weighted by molar-refractivity contribution is 5.79. The number of carbonyl (C=O) groups excluding carboxylic acids is 1. The lowest BCUT2D eigenvalue weighted by Gasteiger charge is -2.51. The maximum absolute atomic E-state index is 13.4. The Hall–Kier alpha value is -3.12. The Morgan fingerprint density at radius 2 is 1.66 bits per heavy atom. The Kier molecular flexibility index (Phi) is 5.44. The van der Waals surface area contributed by atoms with Gasteiger partial charge in [-0.1, -0.05) is 48.5 Å². The molecule has 1 N–H and O–H groups in total. The lowest BCUT2D eigenvalue weighted by molar-refractivity contribution is -0.0891. The van der Waals surface area contributed by atoms with Crippen LogP contribution >= 0.6 is 0 Å². The molecule has 3 aromatic rings. The summed E-state index contributed by atoms with van der Waals surface area (Å²) in [6.45, 7) is 4.48. The molecule has 6 heteroatoms. The molecule has 2 atom stereocenters. The number of fused-ring (bicyclic) bond motifs is 5. The Bertz CT molecular complexity index is 1190. The Morgan fingerprint density at radius 1 is 1.06 bits per heavy atom. The van der Waals surface area contributed by atoms with Gasteiger partial charge in [-0.2, -0.15) is 5.10 Å². The van der Waals surface area contributed by atoms with E-state index in [-0.39, 0.29) is 30.1 Å². The van der Waals surface area contributed by atoms with Crippen molar-refractivity contribution < 1.29 is 14.6 Å². The molecule has 2 unspecified atom stereocenters. The summed E-state index contributed by atoms with van der Waals surface area (Å²) in [5, 5.41) is 16.1. The Labute approximate surface area is 206 Å². The third-order valence-corrected chi connectivity index (χ3v) is 8.22. The first kappa shape index (κ1) is 22.4. The molecule has 2 aliphatic heterocycles. The van der Waals surface area contributed by atoms with Crippen molar-refractivity contribution in [2.24, 2.45) is 0 Å². The van der Waals surface area contributed by atoms with Crippen LogP contribution in [0.2, 0.25) is 0 Å². The molecule has 35 heavy (non-hydrogen) atoms. The van der Waals surface area contributed by atoms with E-state index in [1.54, 1.807) is 6.20 Å². The minimum absolute atomic E-state index is 0.0226. The zero-order valence-corrected chi connectivity index (χ0v) is 20.4. The van der Waals surface area contributed by atoms with Gasteiger partial charge in [0.2, 0.25) is 0 Å². The molecule has 0 saturated carbocycles. The SMILES string of the molecule is CC(C)n1cc(C2(O)CC3CCCC(C2)N3C(=O)OCC2c3ccccc3-c3ccccc32)cn1. The van der Waals surface area contributed by atoms with Crippen molar-refractivity contribution in [2.45, 2.75) is 75.6 Å². The van der Waals surface area contributed by atoms with Crippen LogP contribution in [0.1, 0.15) is 74.6 Å². The largest absolute Gasteiger partial charge is 0.448 e. The average molecular weight is 472 g/mol. The van der Waals surface area contributed by atoms with E-state index in [2.05, 4.69) is 67.5 Å². The second-order valence-electron chi connectivity index (χ2n) is 10.7. The molecule has 6 rings (SSSR count). The van der Waals surface area contributed by atoms with Gasteiger partial charge in [0.25, 0.3) is 0 Å². The van der Waals surface area contributed by atoms with Crippen molar-refractivity contribution in [3.8, 4) is 11.1 Å². The van der Waals surface area contributed by atoms with Crippen molar-refractivity contribution in [1.82, 2.24) is 14.7 Å². The van der Waals surface area contributed by atoms with E-state index in [9.17, 15) is 9.90 Å².